The highest BCUT2D eigenvalue weighted by Gasteiger charge is 2.24. The predicted molar refractivity (Wildman–Crippen MR) is 38.7 cm³/mol. The highest BCUT2D eigenvalue weighted by atomic mass is 16.4. The molecule has 0 saturated heterocycles. The normalized spacial score (nSPS) is 29.7. The van der Waals surface area contributed by atoms with Gasteiger partial charge in [-0.25, -0.2) is 0 Å². The molecule has 0 spiro atoms. The van der Waals surface area contributed by atoms with E-state index in [1.54, 1.807) is 0 Å². The van der Waals surface area contributed by atoms with E-state index >= 15 is 0 Å². The Morgan fingerprint density at radius 1 is 1.50 bits per heavy atom. The van der Waals surface area contributed by atoms with Gasteiger partial charge in [-0.1, -0.05) is 19.1 Å². The molecule has 10 heavy (non-hydrogen) atoms. The van der Waals surface area contributed by atoms with Crippen LogP contribution in [0.4, 0.5) is 0 Å². The summed E-state index contributed by atoms with van der Waals surface area (Å²) < 4.78 is 0. The van der Waals surface area contributed by atoms with Gasteiger partial charge in [0.15, 0.2) is 0 Å². The van der Waals surface area contributed by atoms with Gasteiger partial charge >= 0.3 is 5.97 Å². The van der Waals surface area contributed by atoms with Crippen molar-refractivity contribution in [1.29, 1.82) is 0 Å². The van der Waals surface area contributed by atoms with Crippen molar-refractivity contribution in [2.45, 2.75) is 19.8 Å². The maximum absolute atomic E-state index is 10.2. The summed E-state index contributed by atoms with van der Waals surface area (Å²) in [6, 6.07) is 0. The van der Waals surface area contributed by atoms with Crippen molar-refractivity contribution in [3.8, 4) is 0 Å². The molecule has 1 rings (SSSR count). The molecule has 56 valence electrons. The minimum Gasteiger partial charge on any atom is -0.481 e. The van der Waals surface area contributed by atoms with E-state index in [1.807, 2.05) is 6.08 Å². The predicted octanol–water partition coefficient (Wildman–Crippen LogP) is 1.67. The molecule has 0 aromatic carbocycles. The zero-order valence-corrected chi connectivity index (χ0v) is 6.08. The maximum atomic E-state index is 10.2. The Labute approximate surface area is 60.6 Å². The molecule has 0 aromatic rings. The summed E-state index contributed by atoms with van der Waals surface area (Å²) in [5.41, 5.74) is 0. The van der Waals surface area contributed by atoms with Crippen LogP contribution >= 0.6 is 0 Å². The van der Waals surface area contributed by atoms with Crippen LogP contribution in [0.5, 0.6) is 0 Å². The third kappa shape index (κ3) is 1.38. The smallest absolute Gasteiger partial charge is 0.303 e. The van der Waals surface area contributed by atoms with Crippen LogP contribution in [0.25, 0.3) is 0 Å². The molecule has 0 unspecified atom stereocenters. The number of hydrogen-bond acceptors (Lipinski definition) is 1. The fourth-order valence-electron chi connectivity index (χ4n) is 1.29. The molecule has 0 aromatic heterocycles. The second-order valence-corrected chi connectivity index (χ2v) is 2.72. The van der Waals surface area contributed by atoms with Crippen LogP contribution in [0.3, 0.4) is 0 Å². The molecule has 2 atom stereocenters. The third-order valence-electron chi connectivity index (χ3n) is 2.04. The fraction of sp³-hybridized carbons (Fsp3) is 0.625. The van der Waals surface area contributed by atoms with Gasteiger partial charge in [0.05, 0.1) is 6.42 Å². The van der Waals surface area contributed by atoms with E-state index in [-0.39, 0.29) is 0 Å². The molecular formula is C8H12O2. The highest BCUT2D eigenvalue weighted by molar-refractivity contribution is 5.67. The first-order chi connectivity index (χ1) is 4.74. The molecule has 1 aliphatic rings. The summed E-state index contributed by atoms with van der Waals surface area (Å²) in [6.45, 7) is 2.09. The molecular weight excluding hydrogens is 128 g/mol. The first-order valence-corrected chi connectivity index (χ1v) is 3.64. The number of hydrogen-bond donors (Lipinski definition) is 1. The summed E-state index contributed by atoms with van der Waals surface area (Å²) >= 11 is 0. The lowest BCUT2D eigenvalue weighted by molar-refractivity contribution is -0.138. The Bertz CT molecular complexity index is 161. The quantitative estimate of drug-likeness (QED) is 0.605. The van der Waals surface area contributed by atoms with Gasteiger partial charge in [-0.2, -0.15) is 0 Å². The largest absolute Gasteiger partial charge is 0.481 e. The first kappa shape index (κ1) is 7.32. The van der Waals surface area contributed by atoms with E-state index in [9.17, 15) is 4.79 Å². The van der Waals surface area contributed by atoms with Gasteiger partial charge < -0.3 is 5.11 Å². The molecule has 0 saturated carbocycles. The number of carbonyl (C=O) groups is 1. The van der Waals surface area contributed by atoms with Gasteiger partial charge in [0.1, 0.15) is 0 Å². The fourth-order valence-corrected chi connectivity index (χ4v) is 1.29. The highest BCUT2D eigenvalue weighted by Crippen LogP contribution is 2.30. The molecule has 1 N–H and O–H groups in total. The van der Waals surface area contributed by atoms with Gasteiger partial charge in [0.25, 0.3) is 0 Å². The lowest BCUT2D eigenvalue weighted by Gasteiger charge is -2.26. The number of aliphatic carboxylic acids is 1. The Balaban J connectivity index is 2.32. The lowest BCUT2D eigenvalue weighted by Crippen LogP contribution is -2.20. The zero-order valence-electron chi connectivity index (χ0n) is 6.08. The van der Waals surface area contributed by atoms with Crippen LogP contribution in [-0.2, 0) is 4.79 Å². The van der Waals surface area contributed by atoms with E-state index in [1.165, 1.54) is 0 Å². The summed E-state index contributed by atoms with van der Waals surface area (Å²) in [7, 11) is 0. The third-order valence-corrected chi connectivity index (χ3v) is 2.04. The van der Waals surface area contributed by atoms with Crippen LogP contribution in [0.2, 0.25) is 0 Å². The van der Waals surface area contributed by atoms with Crippen LogP contribution < -0.4 is 0 Å². The summed E-state index contributed by atoms with van der Waals surface area (Å²) in [4.78, 5) is 10.2. The summed E-state index contributed by atoms with van der Waals surface area (Å²) in [5, 5.41) is 8.43. The molecule has 0 aliphatic heterocycles. The number of allylic oxidation sites excluding steroid dienone is 2. The zero-order chi connectivity index (χ0) is 7.56. The second kappa shape index (κ2) is 2.86. The van der Waals surface area contributed by atoms with Gasteiger partial charge in [-0.3, -0.25) is 4.79 Å². The maximum Gasteiger partial charge on any atom is 0.303 e. The minimum absolute atomic E-state index is 0.301. The molecule has 2 heteroatoms. The van der Waals surface area contributed by atoms with Crippen molar-refractivity contribution >= 4 is 5.97 Å². The van der Waals surface area contributed by atoms with Crippen molar-refractivity contribution in [1.82, 2.24) is 0 Å². The molecule has 1 aliphatic carbocycles. The molecule has 0 heterocycles. The van der Waals surface area contributed by atoms with E-state index in [0.717, 1.165) is 6.42 Å². The molecule has 0 bridgehead atoms. The monoisotopic (exact) mass is 140 g/mol. The Morgan fingerprint density at radius 2 is 2.10 bits per heavy atom. The van der Waals surface area contributed by atoms with Crippen LogP contribution in [0, 0.1) is 11.8 Å². The van der Waals surface area contributed by atoms with E-state index in [2.05, 4.69) is 13.0 Å². The van der Waals surface area contributed by atoms with E-state index in [0.29, 0.717) is 18.3 Å². The van der Waals surface area contributed by atoms with Crippen molar-refractivity contribution < 1.29 is 9.90 Å². The topological polar surface area (TPSA) is 37.3 Å². The van der Waals surface area contributed by atoms with Crippen molar-refractivity contribution in [3.05, 3.63) is 12.2 Å². The van der Waals surface area contributed by atoms with Gasteiger partial charge in [-0.05, 0) is 18.3 Å². The Kier molecular flexibility index (Phi) is 2.10. The number of carboxylic acids is 1. The molecule has 0 amide bonds. The molecule has 0 radical (unpaired) electrons. The van der Waals surface area contributed by atoms with Crippen molar-refractivity contribution in [2.24, 2.45) is 11.8 Å². The first-order valence-electron chi connectivity index (χ1n) is 3.64. The Hall–Kier alpha value is -0.790. The van der Waals surface area contributed by atoms with E-state index in [4.69, 9.17) is 5.11 Å². The van der Waals surface area contributed by atoms with Crippen LogP contribution in [0.15, 0.2) is 12.2 Å². The van der Waals surface area contributed by atoms with Crippen LogP contribution in [-0.4, -0.2) is 11.1 Å². The van der Waals surface area contributed by atoms with Crippen molar-refractivity contribution in [2.75, 3.05) is 0 Å². The lowest BCUT2D eigenvalue weighted by atomic mass is 9.78. The standard InChI is InChI=1S/C8H12O2/c1-2-6-3-4-7(6)5-8(9)10/h3-4,6-7H,2,5H2,1H3,(H,9,10)/t6-,7+/m0/s1. The SMILES string of the molecule is CC[C@H]1C=C[C@@H]1CC(=O)O. The van der Waals surface area contributed by atoms with Gasteiger partial charge in [0, 0.05) is 0 Å². The summed E-state index contributed by atoms with van der Waals surface area (Å²) in [6.07, 6.45) is 5.44. The number of carboxylic acid groups (broad SMARTS) is 1. The second-order valence-electron chi connectivity index (χ2n) is 2.72. The average molecular weight is 140 g/mol. The van der Waals surface area contributed by atoms with Gasteiger partial charge in [0.2, 0.25) is 0 Å². The van der Waals surface area contributed by atoms with Crippen LogP contribution in [0.1, 0.15) is 19.8 Å². The molecule has 0 fully saturated rings. The molecule has 2 nitrogen and oxygen atoms in total. The van der Waals surface area contributed by atoms with E-state index < -0.39 is 5.97 Å². The number of rotatable bonds is 3. The average Bonchev–Trinajstić information content (AvgIpc) is 1.82. The Morgan fingerprint density at radius 3 is 2.40 bits per heavy atom. The minimum atomic E-state index is -0.687. The van der Waals surface area contributed by atoms with Gasteiger partial charge in [-0.15, -0.1) is 0 Å². The summed E-state index contributed by atoms with van der Waals surface area (Å²) in [5.74, 6) is 0.145. The van der Waals surface area contributed by atoms with Crippen molar-refractivity contribution in [3.63, 3.8) is 0 Å².